The van der Waals surface area contributed by atoms with E-state index < -0.39 is 16.1 Å². The number of methoxy groups -OCH3 is 1. The van der Waals surface area contributed by atoms with Crippen molar-refractivity contribution in [1.29, 1.82) is 0 Å². The van der Waals surface area contributed by atoms with Gasteiger partial charge in [0.25, 0.3) is 16.1 Å². The number of hydrogen-bond acceptors (Lipinski definition) is 5. The van der Waals surface area contributed by atoms with Crippen molar-refractivity contribution in [2.75, 3.05) is 7.11 Å². The lowest BCUT2D eigenvalue weighted by Crippen LogP contribution is -2.35. The van der Waals surface area contributed by atoms with Crippen LogP contribution in [0.4, 0.5) is 0 Å². The topological polar surface area (TPSA) is 108 Å². The number of nitrogens with one attached hydrogen (secondary N) is 1. The van der Waals surface area contributed by atoms with Crippen LogP contribution in [-0.4, -0.2) is 21.4 Å². The number of amides is 1. The molecule has 23 heavy (non-hydrogen) atoms. The molecule has 0 fully saturated rings. The lowest BCUT2D eigenvalue weighted by Gasteiger charge is -2.11. The number of hydrogen-bond donors (Lipinski definition) is 2. The van der Waals surface area contributed by atoms with Crippen molar-refractivity contribution in [2.24, 2.45) is 5.14 Å². The predicted molar refractivity (Wildman–Crippen MR) is 85.1 cm³/mol. The molecular formula is C14H13ClN2O5S. The van der Waals surface area contributed by atoms with Gasteiger partial charge in [0.2, 0.25) is 0 Å². The first-order chi connectivity index (χ1) is 10.8. The van der Waals surface area contributed by atoms with Crippen molar-refractivity contribution in [3.8, 4) is 17.2 Å². The van der Waals surface area contributed by atoms with E-state index in [9.17, 15) is 13.2 Å². The summed E-state index contributed by atoms with van der Waals surface area (Å²) in [6.45, 7) is 0. The monoisotopic (exact) mass is 356 g/mol. The van der Waals surface area contributed by atoms with Crippen molar-refractivity contribution in [1.82, 2.24) is 4.72 Å². The molecule has 0 saturated heterocycles. The van der Waals surface area contributed by atoms with Crippen LogP contribution in [0.5, 0.6) is 17.2 Å². The molecule has 0 bridgehead atoms. The number of nitrogens with two attached hydrogens (primary N) is 1. The molecule has 1 amide bonds. The molecule has 0 aliphatic rings. The van der Waals surface area contributed by atoms with Crippen molar-refractivity contribution in [3.63, 3.8) is 0 Å². The molecule has 0 radical (unpaired) electrons. The molecule has 2 aromatic carbocycles. The van der Waals surface area contributed by atoms with Gasteiger partial charge in [0.15, 0.2) is 11.5 Å². The van der Waals surface area contributed by atoms with E-state index in [1.54, 1.807) is 22.9 Å². The smallest absolute Gasteiger partial charge is 0.298 e. The Balaban J connectivity index is 2.16. The Bertz CT molecular complexity index is 822. The van der Waals surface area contributed by atoms with Gasteiger partial charge in [-0.2, -0.15) is 8.42 Å². The van der Waals surface area contributed by atoms with Crippen LogP contribution in [-0.2, 0) is 10.2 Å². The van der Waals surface area contributed by atoms with Crippen LogP contribution in [0.3, 0.4) is 0 Å². The molecule has 2 aromatic rings. The number of halogens is 1. The van der Waals surface area contributed by atoms with Gasteiger partial charge < -0.3 is 9.47 Å². The van der Waals surface area contributed by atoms with Gasteiger partial charge >= 0.3 is 0 Å². The maximum absolute atomic E-state index is 11.6. The first kappa shape index (κ1) is 17.1. The van der Waals surface area contributed by atoms with Crippen molar-refractivity contribution in [2.45, 2.75) is 0 Å². The Morgan fingerprint density at radius 3 is 2.35 bits per heavy atom. The van der Waals surface area contributed by atoms with E-state index in [4.69, 9.17) is 26.2 Å². The maximum Gasteiger partial charge on any atom is 0.298 e. The van der Waals surface area contributed by atoms with E-state index in [0.29, 0.717) is 22.3 Å². The van der Waals surface area contributed by atoms with Crippen LogP contribution in [0.25, 0.3) is 0 Å². The van der Waals surface area contributed by atoms with Crippen LogP contribution in [0.2, 0.25) is 5.02 Å². The van der Waals surface area contributed by atoms with Gasteiger partial charge in [-0.25, -0.2) is 9.86 Å². The summed E-state index contributed by atoms with van der Waals surface area (Å²) in [5.41, 5.74) is 0.120. The normalized spacial score (nSPS) is 10.9. The third-order valence-corrected chi connectivity index (χ3v) is 3.41. The van der Waals surface area contributed by atoms with Gasteiger partial charge in [0.05, 0.1) is 7.11 Å². The van der Waals surface area contributed by atoms with Gasteiger partial charge in [0, 0.05) is 16.7 Å². The number of carbonyl (C=O) groups is 1. The van der Waals surface area contributed by atoms with E-state index in [-0.39, 0.29) is 5.56 Å². The third kappa shape index (κ3) is 4.85. The summed E-state index contributed by atoms with van der Waals surface area (Å²) in [7, 11) is -2.62. The highest BCUT2D eigenvalue weighted by Gasteiger charge is 2.12. The Morgan fingerprint density at radius 2 is 1.78 bits per heavy atom. The van der Waals surface area contributed by atoms with E-state index >= 15 is 0 Å². The molecule has 3 N–H and O–H groups in total. The van der Waals surface area contributed by atoms with Crippen molar-refractivity contribution < 1.29 is 22.7 Å². The highest BCUT2D eigenvalue weighted by atomic mass is 35.5. The molecule has 0 heterocycles. The Kier molecular flexibility index (Phi) is 5.09. The average Bonchev–Trinajstić information content (AvgIpc) is 2.48. The molecule has 0 spiro atoms. The summed E-state index contributed by atoms with van der Waals surface area (Å²) in [5, 5.41) is 5.24. The molecule has 7 nitrogen and oxygen atoms in total. The zero-order valence-corrected chi connectivity index (χ0v) is 13.5. The van der Waals surface area contributed by atoms with Gasteiger partial charge in [-0.3, -0.25) is 4.79 Å². The second kappa shape index (κ2) is 6.86. The molecule has 2 rings (SSSR count). The van der Waals surface area contributed by atoms with Crippen LogP contribution < -0.4 is 19.3 Å². The molecule has 0 aromatic heterocycles. The second-order valence-electron chi connectivity index (χ2n) is 4.40. The summed E-state index contributed by atoms with van der Waals surface area (Å²) in [5.74, 6) is 0.494. The minimum absolute atomic E-state index is 0.120. The fourth-order valence-electron chi connectivity index (χ4n) is 1.72. The molecule has 0 atom stereocenters. The first-order valence-electron chi connectivity index (χ1n) is 6.25. The van der Waals surface area contributed by atoms with Crippen LogP contribution >= 0.6 is 11.6 Å². The Hall–Kier alpha value is -2.29. The second-order valence-corrected chi connectivity index (χ2v) is 6.13. The minimum atomic E-state index is -4.10. The Morgan fingerprint density at radius 1 is 1.13 bits per heavy atom. The Labute approximate surface area is 138 Å². The zero-order chi connectivity index (χ0) is 17.0. The quantitative estimate of drug-likeness (QED) is 0.852. The fourth-order valence-corrected chi connectivity index (χ4v) is 2.25. The van der Waals surface area contributed by atoms with Crippen molar-refractivity contribution in [3.05, 3.63) is 53.1 Å². The van der Waals surface area contributed by atoms with E-state index in [1.165, 1.54) is 31.4 Å². The summed E-state index contributed by atoms with van der Waals surface area (Å²) >= 11 is 5.87. The number of benzene rings is 2. The summed E-state index contributed by atoms with van der Waals surface area (Å²) < 4.78 is 34.1. The summed E-state index contributed by atoms with van der Waals surface area (Å²) in [6, 6.07) is 10.7. The highest BCUT2D eigenvalue weighted by Crippen LogP contribution is 2.33. The zero-order valence-electron chi connectivity index (χ0n) is 11.9. The van der Waals surface area contributed by atoms with Crippen molar-refractivity contribution >= 4 is 27.7 Å². The van der Waals surface area contributed by atoms with Gasteiger partial charge in [-0.15, -0.1) is 0 Å². The maximum atomic E-state index is 11.6. The van der Waals surface area contributed by atoms with Crippen LogP contribution in [0.15, 0.2) is 42.5 Å². The first-order valence-corrected chi connectivity index (χ1v) is 8.17. The van der Waals surface area contributed by atoms with E-state index in [2.05, 4.69) is 0 Å². The molecule has 0 unspecified atom stereocenters. The van der Waals surface area contributed by atoms with Gasteiger partial charge in [-0.05, 0) is 36.4 Å². The average molecular weight is 357 g/mol. The highest BCUT2D eigenvalue weighted by molar-refractivity contribution is 7.87. The summed E-state index contributed by atoms with van der Waals surface area (Å²) in [6.07, 6.45) is 0. The molecule has 0 saturated carbocycles. The van der Waals surface area contributed by atoms with Gasteiger partial charge in [-0.1, -0.05) is 11.6 Å². The summed E-state index contributed by atoms with van der Waals surface area (Å²) in [4.78, 5) is 11.6. The molecule has 0 aliphatic carbocycles. The third-order valence-electron chi connectivity index (χ3n) is 2.70. The lowest BCUT2D eigenvalue weighted by molar-refractivity contribution is 0.0981. The van der Waals surface area contributed by atoms with E-state index in [0.717, 1.165) is 0 Å². The number of carbonyl (C=O) groups excluding carboxylic acids is 1. The SMILES string of the molecule is COc1cc(Cl)ccc1Oc1ccc(C(=O)NS(N)(=O)=O)cc1. The van der Waals surface area contributed by atoms with Crippen LogP contribution in [0, 0.1) is 0 Å². The lowest BCUT2D eigenvalue weighted by atomic mass is 10.2. The molecule has 9 heteroatoms. The molecular weight excluding hydrogens is 344 g/mol. The number of rotatable bonds is 5. The van der Waals surface area contributed by atoms with Gasteiger partial charge in [0.1, 0.15) is 5.75 Å². The minimum Gasteiger partial charge on any atom is -0.493 e. The number of ether oxygens (including phenoxy) is 2. The molecule has 0 aliphatic heterocycles. The standard InChI is InChI=1S/C14H13ClN2O5S/c1-21-13-8-10(15)4-7-12(13)22-11-5-2-9(3-6-11)14(18)17-23(16,19)20/h2-8H,1H3,(H,17,18)(H2,16,19,20). The largest absolute Gasteiger partial charge is 0.493 e. The van der Waals surface area contributed by atoms with E-state index in [1.807, 2.05) is 0 Å². The predicted octanol–water partition coefficient (Wildman–Crippen LogP) is 2.07. The van der Waals surface area contributed by atoms with Crippen LogP contribution in [0.1, 0.15) is 10.4 Å². The molecule has 122 valence electrons. The fraction of sp³-hybridized carbons (Fsp3) is 0.0714.